The third-order valence-electron chi connectivity index (χ3n) is 6.50. The highest BCUT2D eigenvalue weighted by Gasteiger charge is 2.30. The summed E-state index contributed by atoms with van der Waals surface area (Å²) in [5.41, 5.74) is 5.70. The highest BCUT2D eigenvalue weighted by molar-refractivity contribution is 5.96. The van der Waals surface area contributed by atoms with Gasteiger partial charge in [0.05, 0.1) is 11.6 Å². The lowest BCUT2D eigenvalue weighted by Crippen LogP contribution is -2.40. The summed E-state index contributed by atoms with van der Waals surface area (Å²) in [7, 11) is 1.71. The molecule has 0 bridgehead atoms. The molecule has 0 saturated heterocycles. The van der Waals surface area contributed by atoms with Gasteiger partial charge in [0.25, 0.3) is 5.91 Å². The van der Waals surface area contributed by atoms with Gasteiger partial charge in [-0.3, -0.25) is 19.0 Å². The third kappa shape index (κ3) is 3.31. The van der Waals surface area contributed by atoms with Crippen molar-refractivity contribution in [1.82, 2.24) is 29.2 Å². The number of carbonyl (C=O) groups excluding carboxylic acids is 1. The minimum absolute atomic E-state index is 0.0309. The summed E-state index contributed by atoms with van der Waals surface area (Å²) in [6.45, 7) is 1.09. The van der Waals surface area contributed by atoms with Gasteiger partial charge in [-0.1, -0.05) is 36.4 Å². The molecule has 0 saturated carbocycles. The lowest BCUT2D eigenvalue weighted by Gasteiger charge is -2.35. The average Bonchev–Trinajstić information content (AvgIpc) is 3.51. The zero-order valence-electron chi connectivity index (χ0n) is 18.5. The van der Waals surface area contributed by atoms with Crippen molar-refractivity contribution in [2.75, 3.05) is 6.54 Å². The highest BCUT2D eigenvalue weighted by atomic mass is 16.2. The predicted octanol–water partition coefficient (Wildman–Crippen LogP) is 3.37. The van der Waals surface area contributed by atoms with E-state index in [0.29, 0.717) is 29.8 Å². The maximum absolute atomic E-state index is 13.6. The smallest absolute Gasteiger partial charge is 0.327 e. The van der Waals surface area contributed by atoms with Crippen molar-refractivity contribution in [2.24, 2.45) is 7.05 Å². The summed E-state index contributed by atoms with van der Waals surface area (Å²) < 4.78 is 3.44. The van der Waals surface area contributed by atoms with E-state index >= 15 is 0 Å². The van der Waals surface area contributed by atoms with Gasteiger partial charge in [-0.25, -0.2) is 9.78 Å². The van der Waals surface area contributed by atoms with Gasteiger partial charge in [0.1, 0.15) is 0 Å². The van der Waals surface area contributed by atoms with Gasteiger partial charge in [0.2, 0.25) is 0 Å². The Bertz CT molecular complexity index is 1580. The molecule has 3 aromatic heterocycles. The number of carbonyl (C=O) groups is 1. The molecule has 1 aliphatic rings. The van der Waals surface area contributed by atoms with E-state index in [9.17, 15) is 9.59 Å². The molecule has 2 aromatic carbocycles. The van der Waals surface area contributed by atoms with Crippen LogP contribution in [0.15, 0.2) is 84.0 Å². The van der Waals surface area contributed by atoms with Gasteiger partial charge in [0, 0.05) is 49.9 Å². The summed E-state index contributed by atoms with van der Waals surface area (Å²) in [5.74, 6) is -0.0309. The minimum Gasteiger partial charge on any atom is -0.332 e. The molecule has 1 N–H and O–H groups in total. The van der Waals surface area contributed by atoms with E-state index < -0.39 is 0 Å². The number of pyridine rings is 1. The average molecular weight is 451 g/mol. The third-order valence-corrected chi connectivity index (χ3v) is 6.50. The Morgan fingerprint density at radius 3 is 2.79 bits per heavy atom. The van der Waals surface area contributed by atoms with Crippen molar-refractivity contribution in [1.29, 1.82) is 0 Å². The number of aryl methyl sites for hydroxylation is 1. The largest absolute Gasteiger partial charge is 0.332 e. The topological polar surface area (TPSA) is 88.8 Å². The van der Waals surface area contributed by atoms with Crippen molar-refractivity contribution in [3.8, 4) is 11.1 Å². The Balaban J connectivity index is 1.34. The van der Waals surface area contributed by atoms with Crippen LogP contribution in [0.1, 0.15) is 27.5 Å². The van der Waals surface area contributed by atoms with Crippen LogP contribution in [0.25, 0.3) is 22.3 Å². The molecule has 1 unspecified atom stereocenters. The molecule has 168 valence electrons. The van der Waals surface area contributed by atoms with E-state index in [2.05, 4.69) is 27.2 Å². The number of aromatic nitrogens is 5. The Hall–Kier alpha value is -4.46. The van der Waals surface area contributed by atoms with Crippen molar-refractivity contribution in [3.05, 3.63) is 106 Å². The number of amides is 1. The molecule has 4 heterocycles. The number of H-pyrrole nitrogens is 1. The lowest BCUT2D eigenvalue weighted by molar-refractivity contribution is 0.0706. The summed E-state index contributed by atoms with van der Waals surface area (Å²) in [5, 5.41) is 4.44. The van der Waals surface area contributed by atoms with Gasteiger partial charge in [-0.15, -0.1) is 0 Å². The lowest BCUT2D eigenvalue weighted by atomic mass is 9.94. The Labute approximate surface area is 195 Å². The number of nitrogens with one attached hydrogen (secondary N) is 1. The van der Waals surface area contributed by atoms with Crippen LogP contribution < -0.4 is 5.69 Å². The Morgan fingerprint density at radius 2 is 1.94 bits per heavy atom. The molecule has 0 aliphatic carbocycles. The van der Waals surface area contributed by atoms with Crippen molar-refractivity contribution in [2.45, 2.75) is 12.6 Å². The number of aromatic amines is 1. The quantitative estimate of drug-likeness (QED) is 0.457. The summed E-state index contributed by atoms with van der Waals surface area (Å²) in [4.78, 5) is 34.5. The molecule has 1 amide bonds. The molecule has 1 aliphatic heterocycles. The number of nitrogens with zero attached hydrogens (tertiary/aromatic N) is 5. The summed E-state index contributed by atoms with van der Waals surface area (Å²) >= 11 is 0. The molecule has 0 spiro atoms. The molecule has 8 nitrogen and oxygen atoms in total. The SMILES string of the molecule is Cn1c(=O)[nH]c2ncc(-c3cccc(C(=O)N4Cc5ccccc5C(n5cccn5)C4)c3)cc21. The van der Waals surface area contributed by atoms with E-state index in [1.807, 2.05) is 64.3 Å². The van der Waals surface area contributed by atoms with E-state index in [4.69, 9.17) is 0 Å². The number of fused-ring (bicyclic) bond motifs is 2. The molecular formula is C26H22N6O2. The molecule has 0 radical (unpaired) electrons. The van der Waals surface area contributed by atoms with Gasteiger partial charge in [0.15, 0.2) is 5.65 Å². The zero-order valence-corrected chi connectivity index (χ0v) is 18.5. The van der Waals surface area contributed by atoms with Crippen LogP contribution in [-0.2, 0) is 13.6 Å². The van der Waals surface area contributed by atoms with E-state index in [-0.39, 0.29) is 17.6 Å². The predicted molar refractivity (Wildman–Crippen MR) is 128 cm³/mol. The van der Waals surface area contributed by atoms with Crippen molar-refractivity contribution < 1.29 is 4.79 Å². The van der Waals surface area contributed by atoms with Gasteiger partial charge < -0.3 is 4.90 Å². The number of rotatable bonds is 3. The van der Waals surface area contributed by atoms with Gasteiger partial charge >= 0.3 is 5.69 Å². The fourth-order valence-electron chi connectivity index (χ4n) is 4.70. The second-order valence-corrected chi connectivity index (χ2v) is 8.55. The normalized spacial score (nSPS) is 15.4. The molecule has 1 atom stereocenters. The van der Waals surface area contributed by atoms with E-state index in [0.717, 1.165) is 16.7 Å². The first-order valence-electron chi connectivity index (χ1n) is 11.1. The van der Waals surface area contributed by atoms with Gasteiger partial charge in [-0.05, 0) is 41.0 Å². The molecule has 5 aromatic rings. The van der Waals surface area contributed by atoms with Crippen LogP contribution in [-0.4, -0.2) is 41.7 Å². The van der Waals surface area contributed by atoms with E-state index in [1.54, 1.807) is 19.4 Å². The van der Waals surface area contributed by atoms with Crippen LogP contribution in [0, 0.1) is 0 Å². The standard InChI is InChI=1S/C26H22N6O2/c1-30-22-13-20(14-27-24(22)29-26(30)34)17-7-4-8-18(12-17)25(33)31-15-19-6-2-3-9-21(19)23(16-31)32-11-5-10-28-32/h2-14,23H,15-16H2,1H3,(H,27,29,34). The first-order valence-corrected chi connectivity index (χ1v) is 11.1. The molecule has 6 rings (SSSR count). The van der Waals surface area contributed by atoms with Crippen LogP contribution in [0.4, 0.5) is 0 Å². The zero-order chi connectivity index (χ0) is 23.2. The van der Waals surface area contributed by atoms with Crippen molar-refractivity contribution >= 4 is 17.1 Å². The number of imidazole rings is 1. The van der Waals surface area contributed by atoms with Crippen LogP contribution in [0.5, 0.6) is 0 Å². The second-order valence-electron chi connectivity index (χ2n) is 8.55. The maximum atomic E-state index is 13.6. The minimum atomic E-state index is -0.208. The fourth-order valence-corrected chi connectivity index (χ4v) is 4.70. The maximum Gasteiger partial charge on any atom is 0.327 e. The first kappa shape index (κ1) is 20.2. The number of benzene rings is 2. The van der Waals surface area contributed by atoms with Crippen molar-refractivity contribution in [3.63, 3.8) is 0 Å². The second kappa shape index (κ2) is 7.84. The number of hydrogen-bond acceptors (Lipinski definition) is 4. The van der Waals surface area contributed by atoms with Crippen LogP contribution in [0.3, 0.4) is 0 Å². The first-order chi connectivity index (χ1) is 16.6. The Kier molecular flexibility index (Phi) is 4.65. The summed E-state index contributed by atoms with van der Waals surface area (Å²) in [6, 6.07) is 19.6. The van der Waals surface area contributed by atoms with Crippen LogP contribution in [0.2, 0.25) is 0 Å². The van der Waals surface area contributed by atoms with Crippen LogP contribution >= 0.6 is 0 Å². The monoisotopic (exact) mass is 450 g/mol. The molecule has 8 heteroatoms. The highest BCUT2D eigenvalue weighted by Crippen LogP contribution is 2.31. The fraction of sp³-hybridized carbons (Fsp3) is 0.154. The molecule has 34 heavy (non-hydrogen) atoms. The summed E-state index contributed by atoms with van der Waals surface area (Å²) in [6.07, 6.45) is 5.41. The Morgan fingerprint density at radius 1 is 1.06 bits per heavy atom. The number of hydrogen-bond donors (Lipinski definition) is 1. The molecule has 0 fully saturated rings. The molecular weight excluding hydrogens is 428 g/mol. The van der Waals surface area contributed by atoms with E-state index in [1.165, 1.54) is 10.1 Å². The van der Waals surface area contributed by atoms with Gasteiger partial charge in [-0.2, -0.15) is 5.10 Å².